The summed E-state index contributed by atoms with van der Waals surface area (Å²) < 4.78 is 37.7. The minimum absolute atomic E-state index is 0.0272. The molecule has 1 aromatic heterocycles. The Morgan fingerprint density at radius 3 is 2.41 bits per heavy atom. The summed E-state index contributed by atoms with van der Waals surface area (Å²) in [5.41, 5.74) is 4.86. The van der Waals surface area contributed by atoms with Gasteiger partial charge in [0.05, 0.1) is 0 Å². The van der Waals surface area contributed by atoms with Gasteiger partial charge in [-0.1, -0.05) is 0 Å². The van der Waals surface area contributed by atoms with Gasteiger partial charge in [-0.25, -0.2) is 8.42 Å². The highest BCUT2D eigenvalue weighted by Gasteiger charge is 2.32. The van der Waals surface area contributed by atoms with E-state index in [-0.39, 0.29) is 15.3 Å². The summed E-state index contributed by atoms with van der Waals surface area (Å²) in [5.74, 6) is -0.251. The van der Waals surface area contributed by atoms with Gasteiger partial charge in [0.1, 0.15) is 23.0 Å². The molecule has 0 spiro atoms. The van der Waals surface area contributed by atoms with E-state index in [2.05, 4.69) is 10.9 Å². The maximum Gasteiger partial charge on any atom is 0.281 e. The van der Waals surface area contributed by atoms with Crippen LogP contribution in [0.1, 0.15) is 32.9 Å². The fourth-order valence-corrected chi connectivity index (χ4v) is 5.97. The molecule has 1 aromatic carbocycles. The Balaban J connectivity index is 1.44. The number of thiophene rings is 1. The van der Waals surface area contributed by atoms with E-state index in [1.807, 2.05) is 0 Å². The molecule has 1 fully saturated rings. The normalized spacial score (nSPS) is 16.4. The first-order valence-corrected chi connectivity index (χ1v) is 11.4. The van der Waals surface area contributed by atoms with Crippen LogP contribution in [-0.4, -0.2) is 50.8 Å². The van der Waals surface area contributed by atoms with Crippen molar-refractivity contribution >= 4 is 33.2 Å². The third-order valence-electron chi connectivity index (χ3n) is 4.61. The standard InChI is InChI=1S/C18H19N3O6S2/c22-17(12-3-4-13-14(11-12)27-9-8-26-13)19-20-18(23)16-15(5-10-28-16)29(24,25)21-6-1-2-7-21/h3-5,10-11H,1-2,6-9H2,(H,19,22)(H,20,23). The highest BCUT2D eigenvalue weighted by Crippen LogP contribution is 2.31. The summed E-state index contributed by atoms with van der Waals surface area (Å²) in [7, 11) is -3.73. The lowest BCUT2D eigenvalue weighted by atomic mass is 10.2. The molecule has 11 heteroatoms. The van der Waals surface area contributed by atoms with E-state index < -0.39 is 21.8 Å². The van der Waals surface area contributed by atoms with Crippen LogP contribution in [0.4, 0.5) is 0 Å². The Bertz CT molecular complexity index is 1040. The number of rotatable bonds is 4. The van der Waals surface area contributed by atoms with E-state index in [0.29, 0.717) is 37.8 Å². The molecule has 29 heavy (non-hydrogen) atoms. The average molecular weight is 437 g/mol. The molecule has 154 valence electrons. The zero-order chi connectivity index (χ0) is 20.4. The number of benzene rings is 1. The van der Waals surface area contributed by atoms with Crippen molar-refractivity contribution in [2.24, 2.45) is 0 Å². The van der Waals surface area contributed by atoms with E-state index >= 15 is 0 Å². The predicted octanol–water partition coefficient (Wildman–Crippen LogP) is 1.38. The maximum atomic E-state index is 12.8. The van der Waals surface area contributed by atoms with Gasteiger partial charge < -0.3 is 9.47 Å². The van der Waals surface area contributed by atoms with Crippen molar-refractivity contribution in [3.8, 4) is 11.5 Å². The maximum absolute atomic E-state index is 12.8. The van der Waals surface area contributed by atoms with Gasteiger partial charge in [0.25, 0.3) is 11.8 Å². The molecule has 4 rings (SSSR count). The Morgan fingerprint density at radius 2 is 1.66 bits per heavy atom. The number of amides is 2. The molecule has 0 atom stereocenters. The molecule has 2 aliphatic rings. The number of hydrogen-bond donors (Lipinski definition) is 2. The van der Waals surface area contributed by atoms with Gasteiger partial charge in [-0.15, -0.1) is 11.3 Å². The number of nitrogens with one attached hydrogen (secondary N) is 2. The number of carbonyl (C=O) groups excluding carboxylic acids is 2. The van der Waals surface area contributed by atoms with Crippen molar-refractivity contribution in [1.82, 2.24) is 15.2 Å². The molecule has 3 heterocycles. The molecule has 0 saturated carbocycles. The molecular formula is C18H19N3O6S2. The van der Waals surface area contributed by atoms with E-state index in [1.165, 1.54) is 16.4 Å². The summed E-state index contributed by atoms with van der Waals surface area (Å²) in [6, 6.07) is 6.09. The van der Waals surface area contributed by atoms with E-state index in [0.717, 1.165) is 24.2 Å². The van der Waals surface area contributed by atoms with Gasteiger partial charge in [0.15, 0.2) is 11.5 Å². The average Bonchev–Trinajstić information content (AvgIpc) is 3.44. The summed E-state index contributed by atoms with van der Waals surface area (Å²) in [5, 5.41) is 1.54. The number of nitrogens with zero attached hydrogens (tertiary/aromatic N) is 1. The summed E-state index contributed by atoms with van der Waals surface area (Å²) in [4.78, 5) is 24.8. The van der Waals surface area contributed by atoms with Crippen molar-refractivity contribution in [3.63, 3.8) is 0 Å². The van der Waals surface area contributed by atoms with E-state index in [4.69, 9.17) is 9.47 Å². The van der Waals surface area contributed by atoms with Gasteiger partial charge in [-0.3, -0.25) is 20.4 Å². The van der Waals surface area contributed by atoms with Crippen molar-refractivity contribution in [2.45, 2.75) is 17.7 Å². The molecule has 0 unspecified atom stereocenters. The van der Waals surface area contributed by atoms with E-state index in [1.54, 1.807) is 17.5 Å². The van der Waals surface area contributed by atoms with Crippen LogP contribution >= 0.6 is 11.3 Å². The van der Waals surface area contributed by atoms with Crippen LogP contribution in [0.2, 0.25) is 0 Å². The second kappa shape index (κ2) is 8.01. The number of hydrogen-bond acceptors (Lipinski definition) is 7. The molecule has 2 aromatic rings. The van der Waals surface area contributed by atoms with Crippen LogP contribution in [-0.2, 0) is 10.0 Å². The zero-order valence-corrected chi connectivity index (χ0v) is 17.0. The monoisotopic (exact) mass is 437 g/mol. The van der Waals surface area contributed by atoms with Crippen LogP contribution < -0.4 is 20.3 Å². The first-order valence-electron chi connectivity index (χ1n) is 9.05. The molecule has 0 radical (unpaired) electrons. The molecule has 0 aliphatic carbocycles. The first kappa shape index (κ1) is 19.7. The van der Waals surface area contributed by atoms with Crippen LogP contribution in [0.15, 0.2) is 34.5 Å². The minimum Gasteiger partial charge on any atom is -0.486 e. The molecule has 1 saturated heterocycles. The smallest absolute Gasteiger partial charge is 0.281 e. The Morgan fingerprint density at radius 1 is 0.966 bits per heavy atom. The third kappa shape index (κ3) is 3.93. The Hall–Kier alpha value is -2.63. The second-order valence-electron chi connectivity index (χ2n) is 6.49. The number of hydrazine groups is 1. The predicted molar refractivity (Wildman–Crippen MR) is 105 cm³/mol. The SMILES string of the molecule is O=C(NNC(=O)c1sccc1S(=O)(=O)N1CCCC1)c1ccc2c(c1)OCCO2. The lowest BCUT2D eigenvalue weighted by molar-refractivity contribution is 0.0846. The molecular weight excluding hydrogens is 418 g/mol. The topological polar surface area (TPSA) is 114 Å². The van der Waals surface area contributed by atoms with Gasteiger partial charge in [0, 0.05) is 18.7 Å². The molecule has 2 N–H and O–H groups in total. The molecule has 9 nitrogen and oxygen atoms in total. The van der Waals surface area contributed by atoms with Gasteiger partial charge in [-0.2, -0.15) is 4.31 Å². The van der Waals surface area contributed by atoms with Crippen molar-refractivity contribution in [2.75, 3.05) is 26.3 Å². The first-order chi connectivity index (χ1) is 14.0. The lowest BCUT2D eigenvalue weighted by Crippen LogP contribution is -2.42. The van der Waals surface area contributed by atoms with Crippen LogP contribution in [0.25, 0.3) is 0 Å². The van der Waals surface area contributed by atoms with Crippen LogP contribution in [0.5, 0.6) is 11.5 Å². The zero-order valence-electron chi connectivity index (χ0n) is 15.3. The largest absolute Gasteiger partial charge is 0.486 e. The van der Waals surface area contributed by atoms with Crippen molar-refractivity contribution < 1.29 is 27.5 Å². The highest BCUT2D eigenvalue weighted by atomic mass is 32.2. The number of sulfonamides is 1. The quantitative estimate of drug-likeness (QED) is 0.699. The van der Waals surface area contributed by atoms with Gasteiger partial charge in [0.2, 0.25) is 10.0 Å². The molecule has 2 aliphatic heterocycles. The highest BCUT2D eigenvalue weighted by molar-refractivity contribution is 7.89. The number of ether oxygens (including phenoxy) is 2. The second-order valence-corrected chi connectivity index (χ2v) is 9.31. The number of fused-ring (bicyclic) bond motifs is 1. The molecule has 2 amide bonds. The lowest BCUT2D eigenvalue weighted by Gasteiger charge is -2.18. The van der Waals surface area contributed by atoms with Crippen LogP contribution in [0, 0.1) is 0 Å². The summed E-state index contributed by atoms with van der Waals surface area (Å²) in [6.07, 6.45) is 1.60. The van der Waals surface area contributed by atoms with Crippen molar-refractivity contribution in [1.29, 1.82) is 0 Å². The van der Waals surface area contributed by atoms with E-state index in [9.17, 15) is 18.0 Å². The Labute approximate surface area is 171 Å². The third-order valence-corrected chi connectivity index (χ3v) is 7.60. The molecule has 0 bridgehead atoms. The fraction of sp³-hybridized carbons (Fsp3) is 0.333. The fourth-order valence-electron chi connectivity index (χ4n) is 3.16. The summed E-state index contributed by atoms with van der Waals surface area (Å²) >= 11 is 1.00. The van der Waals surface area contributed by atoms with Crippen molar-refractivity contribution in [3.05, 3.63) is 40.1 Å². The van der Waals surface area contributed by atoms with Gasteiger partial charge in [-0.05, 0) is 42.5 Å². The number of carbonyl (C=O) groups is 2. The van der Waals surface area contributed by atoms with Crippen LogP contribution in [0.3, 0.4) is 0 Å². The van der Waals surface area contributed by atoms with Gasteiger partial charge >= 0.3 is 0 Å². The minimum atomic E-state index is -3.73. The summed E-state index contributed by atoms with van der Waals surface area (Å²) in [6.45, 7) is 1.72. The Kier molecular flexibility index (Phi) is 5.43.